The van der Waals surface area contributed by atoms with Crippen LogP contribution < -0.4 is 0 Å². The van der Waals surface area contributed by atoms with Crippen LogP contribution in [0.2, 0.25) is 0 Å². The van der Waals surface area contributed by atoms with Crippen molar-refractivity contribution in [2.45, 2.75) is 38.3 Å². The molecule has 9 heteroatoms. The van der Waals surface area contributed by atoms with Gasteiger partial charge in [-0.15, -0.1) is 21.5 Å². The SMILES string of the molecule is Cc1nc2sc3c(c2c2nnc(SCC(=O)N4CCOCC4)n12)CC[C@@H](C)C3. The van der Waals surface area contributed by atoms with Crippen LogP contribution in [0.1, 0.15) is 29.6 Å². The molecule has 1 atom stereocenters. The first kappa shape index (κ1) is 18.3. The third-order valence-electron chi connectivity index (χ3n) is 5.63. The van der Waals surface area contributed by atoms with Gasteiger partial charge in [-0.2, -0.15) is 0 Å². The van der Waals surface area contributed by atoms with Crippen LogP contribution in [0, 0.1) is 12.8 Å². The predicted molar refractivity (Wildman–Crippen MR) is 110 cm³/mol. The zero-order valence-electron chi connectivity index (χ0n) is 16.1. The fraction of sp³-hybridized carbons (Fsp3) is 0.579. The van der Waals surface area contributed by atoms with Gasteiger partial charge in [0, 0.05) is 18.0 Å². The third-order valence-corrected chi connectivity index (χ3v) is 7.69. The molecule has 7 nitrogen and oxygen atoms in total. The van der Waals surface area contributed by atoms with Crippen molar-refractivity contribution in [3.63, 3.8) is 0 Å². The maximum absolute atomic E-state index is 12.5. The number of rotatable bonds is 3. The number of hydrogen-bond acceptors (Lipinski definition) is 7. The van der Waals surface area contributed by atoms with Gasteiger partial charge in [0.15, 0.2) is 10.8 Å². The highest BCUT2D eigenvalue weighted by atomic mass is 32.2. The maximum Gasteiger partial charge on any atom is 0.233 e. The second-order valence-electron chi connectivity index (χ2n) is 7.61. The van der Waals surface area contributed by atoms with Crippen molar-refractivity contribution in [2.75, 3.05) is 32.1 Å². The van der Waals surface area contributed by atoms with Crippen LogP contribution in [0.4, 0.5) is 0 Å². The highest BCUT2D eigenvalue weighted by molar-refractivity contribution is 7.99. The van der Waals surface area contributed by atoms with E-state index in [0.29, 0.717) is 32.1 Å². The summed E-state index contributed by atoms with van der Waals surface area (Å²) in [4.78, 5) is 21.7. The Kier molecular flexibility index (Phi) is 4.76. The van der Waals surface area contributed by atoms with Crippen molar-refractivity contribution in [1.82, 2.24) is 24.5 Å². The Bertz CT molecular complexity index is 1050. The van der Waals surface area contributed by atoms with Gasteiger partial charge in [-0.3, -0.25) is 9.20 Å². The summed E-state index contributed by atoms with van der Waals surface area (Å²) in [5.74, 6) is 2.09. The summed E-state index contributed by atoms with van der Waals surface area (Å²) in [5, 5.41) is 10.8. The molecule has 0 aromatic carbocycles. The minimum Gasteiger partial charge on any atom is -0.378 e. The molecule has 0 unspecified atom stereocenters. The van der Waals surface area contributed by atoms with E-state index in [1.165, 1.54) is 28.6 Å². The second kappa shape index (κ2) is 7.27. The lowest BCUT2D eigenvalue weighted by molar-refractivity contribution is -0.132. The largest absolute Gasteiger partial charge is 0.378 e. The minimum atomic E-state index is 0.124. The van der Waals surface area contributed by atoms with Crippen molar-refractivity contribution in [2.24, 2.45) is 5.92 Å². The lowest BCUT2D eigenvalue weighted by Gasteiger charge is -2.26. The van der Waals surface area contributed by atoms with Gasteiger partial charge in [0.2, 0.25) is 5.91 Å². The molecule has 1 saturated heterocycles. The topological polar surface area (TPSA) is 72.6 Å². The molecule has 3 aromatic heterocycles. The Hall–Kier alpha value is -1.71. The van der Waals surface area contributed by atoms with Crippen LogP contribution in [-0.4, -0.2) is 62.4 Å². The molecular weight excluding hydrogens is 394 g/mol. The number of ether oxygens (including phenoxy) is 1. The summed E-state index contributed by atoms with van der Waals surface area (Å²) in [6, 6.07) is 0. The highest BCUT2D eigenvalue weighted by Crippen LogP contribution is 2.39. The number of hydrogen-bond donors (Lipinski definition) is 0. The molecule has 1 aliphatic heterocycles. The van der Waals surface area contributed by atoms with E-state index in [1.54, 1.807) is 0 Å². The monoisotopic (exact) mass is 417 g/mol. The highest BCUT2D eigenvalue weighted by Gasteiger charge is 2.25. The number of carbonyl (C=O) groups is 1. The molecule has 1 amide bonds. The number of thiophene rings is 1. The normalized spacial score (nSPS) is 20.1. The standard InChI is InChI=1S/C19H23N5O2S2/c1-11-3-4-13-14(9-11)28-18-16(13)17-21-22-19(24(17)12(2)20-18)27-10-15(25)23-5-7-26-8-6-23/h11H,3-10H2,1-2H3/t11-/m1/s1. The number of morpholine rings is 1. The Balaban J connectivity index is 1.47. The van der Waals surface area contributed by atoms with Gasteiger partial charge in [0.25, 0.3) is 0 Å². The van der Waals surface area contributed by atoms with Crippen LogP contribution >= 0.6 is 23.1 Å². The number of thioether (sulfide) groups is 1. The average molecular weight is 418 g/mol. The van der Waals surface area contributed by atoms with Gasteiger partial charge in [-0.25, -0.2) is 4.98 Å². The van der Waals surface area contributed by atoms with E-state index in [4.69, 9.17) is 9.72 Å². The minimum absolute atomic E-state index is 0.124. The smallest absolute Gasteiger partial charge is 0.233 e. The van der Waals surface area contributed by atoms with Crippen LogP contribution in [0.15, 0.2) is 5.16 Å². The van der Waals surface area contributed by atoms with E-state index in [0.717, 1.165) is 45.6 Å². The number of amides is 1. The van der Waals surface area contributed by atoms with Gasteiger partial charge < -0.3 is 9.64 Å². The zero-order chi connectivity index (χ0) is 19.3. The first-order chi connectivity index (χ1) is 13.6. The van der Waals surface area contributed by atoms with Crippen LogP contribution in [0.25, 0.3) is 15.9 Å². The molecule has 0 saturated carbocycles. The molecule has 4 heterocycles. The molecule has 0 radical (unpaired) electrons. The first-order valence-corrected chi connectivity index (χ1v) is 11.6. The average Bonchev–Trinajstić information content (AvgIpc) is 3.27. The zero-order valence-corrected chi connectivity index (χ0v) is 17.7. The molecule has 1 aliphatic carbocycles. The molecule has 3 aromatic rings. The van der Waals surface area contributed by atoms with Crippen molar-refractivity contribution >= 4 is 44.9 Å². The van der Waals surface area contributed by atoms with E-state index in [1.807, 2.05) is 27.6 Å². The summed E-state index contributed by atoms with van der Waals surface area (Å²) in [6.45, 7) is 6.88. The fourth-order valence-electron chi connectivity index (χ4n) is 4.09. The summed E-state index contributed by atoms with van der Waals surface area (Å²) >= 11 is 3.25. The number of aromatic nitrogens is 4. The van der Waals surface area contributed by atoms with Crippen LogP contribution in [-0.2, 0) is 22.4 Å². The van der Waals surface area contributed by atoms with Gasteiger partial charge in [0.1, 0.15) is 10.7 Å². The van der Waals surface area contributed by atoms with Gasteiger partial charge in [-0.1, -0.05) is 18.7 Å². The lowest BCUT2D eigenvalue weighted by atomic mass is 9.89. The molecule has 0 spiro atoms. The summed E-state index contributed by atoms with van der Waals surface area (Å²) in [5.41, 5.74) is 2.29. The molecule has 0 bridgehead atoms. The summed E-state index contributed by atoms with van der Waals surface area (Å²) in [6.07, 6.45) is 3.43. The van der Waals surface area contributed by atoms with Crippen LogP contribution in [0.5, 0.6) is 0 Å². The van der Waals surface area contributed by atoms with Gasteiger partial charge in [-0.05, 0) is 37.7 Å². The molecule has 28 heavy (non-hydrogen) atoms. The fourth-order valence-corrected chi connectivity index (χ4v) is 6.39. The Labute approximate surface area is 171 Å². The summed E-state index contributed by atoms with van der Waals surface area (Å²) in [7, 11) is 0. The number of fused-ring (bicyclic) bond motifs is 5. The maximum atomic E-state index is 12.5. The molecule has 0 N–H and O–H groups in total. The molecule has 1 fully saturated rings. The quantitative estimate of drug-likeness (QED) is 0.610. The molecule has 148 valence electrons. The Morgan fingerprint density at radius 3 is 2.96 bits per heavy atom. The van der Waals surface area contributed by atoms with Crippen molar-refractivity contribution < 1.29 is 9.53 Å². The van der Waals surface area contributed by atoms with E-state index in [2.05, 4.69) is 17.1 Å². The van der Waals surface area contributed by atoms with Gasteiger partial charge in [0.05, 0.1) is 24.4 Å². The molecule has 5 rings (SSSR count). The molecular formula is C19H23N5O2S2. The van der Waals surface area contributed by atoms with Crippen molar-refractivity contribution in [3.05, 3.63) is 16.3 Å². The Morgan fingerprint density at radius 1 is 1.32 bits per heavy atom. The number of carbonyl (C=O) groups excluding carboxylic acids is 1. The van der Waals surface area contributed by atoms with E-state index in [-0.39, 0.29) is 5.91 Å². The van der Waals surface area contributed by atoms with Crippen LogP contribution in [0.3, 0.4) is 0 Å². The number of nitrogens with zero attached hydrogens (tertiary/aromatic N) is 5. The third kappa shape index (κ3) is 3.09. The number of aryl methyl sites for hydroxylation is 2. The lowest BCUT2D eigenvalue weighted by Crippen LogP contribution is -2.41. The van der Waals surface area contributed by atoms with Gasteiger partial charge >= 0.3 is 0 Å². The van der Waals surface area contributed by atoms with E-state index >= 15 is 0 Å². The van der Waals surface area contributed by atoms with Crippen molar-refractivity contribution in [3.8, 4) is 0 Å². The predicted octanol–water partition coefficient (Wildman–Crippen LogP) is 2.72. The van der Waals surface area contributed by atoms with Crippen molar-refractivity contribution in [1.29, 1.82) is 0 Å². The first-order valence-electron chi connectivity index (χ1n) is 9.76. The van der Waals surface area contributed by atoms with E-state index < -0.39 is 0 Å². The summed E-state index contributed by atoms with van der Waals surface area (Å²) < 4.78 is 7.34. The molecule has 2 aliphatic rings. The Morgan fingerprint density at radius 2 is 2.14 bits per heavy atom. The van der Waals surface area contributed by atoms with E-state index in [9.17, 15) is 4.79 Å². The second-order valence-corrected chi connectivity index (χ2v) is 9.64.